The number of thiazole rings is 1. The lowest BCUT2D eigenvalue weighted by molar-refractivity contribution is 0.0948. The third kappa shape index (κ3) is 4.34. The maximum atomic E-state index is 13.7. The number of carbonyl (C=O) groups excluding carboxylic acids is 1. The van der Waals surface area contributed by atoms with Crippen molar-refractivity contribution in [2.24, 2.45) is 0 Å². The van der Waals surface area contributed by atoms with E-state index in [1.54, 1.807) is 0 Å². The molecule has 0 atom stereocenters. The molecule has 1 N–H and O–H groups in total. The van der Waals surface area contributed by atoms with Crippen LogP contribution in [0.25, 0.3) is 26.1 Å². The Labute approximate surface area is 212 Å². The van der Waals surface area contributed by atoms with Crippen LogP contribution in [0.2, 0.25) is 0 Å². The maximum Gasteiger partial charge on any atom is 0.258 e. The fourth-order valence-corrected chi connectivity index (χ4v) is 6.17. The summed E-state index contributed by atoms with van der Waals surface area (Å²) in [7, 11) is 0. The van der Waals surface area contributed by atoms with E-state index in [1.165, 1.54) is 11.3 Å². The predicted octanol–water partition coefficient (Wildman–Crippen LogP) is 2.35. The molecule has 2 fully saturated rings. The quantitative estimate of drug-likeness (QED) is 0.444. The normalized spacial score (nSPS) is 17.6. The van der Waals surface area contributed by atoms with E-state index in [0.29, 0.717) is 42.2 Å². The van der Waals surface area contributed by atoms with E-state index in [-0.39, 0.29) is 16.9 Å². The van der Waals surface area contributed by atoms with Crippen LogP contribution in [0.1, 0.15) is 16.8 Å². The Morgan fingerprint density at radius 1 is 1.00 bits per heavy atom. The van der Waals surface area contributed by atoms with Crippen molar-refractivity contribution < 1.29 is 14.3 Å². The molecule has 2 aliphatic heterocycles. The van der Waals surface area contributed by atoms with Crippen LogP contribution < -0.4 is 15.6 Å². The molecule has 6 rings (SSSR count). The molecule has 0 aliphatic carbocycles. The summed E-state index contributed by atoms with van der Waals surface area (Å²) in [6, 6.07) is 11.6. The smallest absolute Gasteiger partial charge is 0.258 e. The van der Waals surface area contributed by atoms with Gasteiger partial charge in [-0.25, -0.2) is 4.98 Å². The van der Waals surface area contributed by atoms with E-state index in [0.717, 1.165) is 61.8 Å². The molecule has 2 aliphatic rings. The second-order valence-corrected chi connectivity index (χ2v) is 10.1. The number of morpholine rings is 1. The second kappa shape index (κ2) is 10.1. The molecule has 5 heterocycles. The Morgan fingerprint density at radius 3 is 2.69 bits per heavy atom. The third-order valence-corrected chi connectivity index (χ3v) is 8.01. The number of nitrogens with one attached hydrogen (secondary N) is 1. The second-order valence-electron chi connectivity index (χ2n) is 9.12. The van der Waals surface area contributed by atoms with Crippen molar-refractivity contribution in [1.82, 2.24) is 19.6 Å². The average molecular weight is 508 g/mol. The van der Waals surface area contributed by atoms with E-state index >= 15 is 0 Å². The first-order valence-electron chi connectivity index (χ1n) is 12.5. The van der Waals surface area contributed by atoms with E-state index in [4.69, 9.17) is 14.5 Å². The number of aromatic nitrogens is 2. The van der Waals surface area contributed by atoms with Crippen molar-refractivity contribution >= 4 is 49.1 Å². The van der Waals surface area contributed by atoms with E-state index in [9.17, 15) is 9.59 Å². The molecule has 1 aromatic carbocycles. The lowest BCUT2D eigenvalue weighted by atomic mass is 10.1. The largest absolute Gasteiger partial charge is 0.380 e. The topological polar surface area (TPSA) is 88.4 Å². The van der Waals surface area contributed by atoms with Gasteiger partial charge in [-0.05, 0) is 30.7 Å². The minimum absolute atomic E-state index is 0.184. The van der Waals surface area contributed by atoms with Crippen LogP contribution in [-0.4, -0.2) is 85.9 Å². The highest BCUT2D eigenvalue weighted by Gasteiger charge is 2.24. The van der Waals surface area contributed by atoms with Gasteiger partial charge in [0.1, 0.15) is 16.2 Å². The fraction of sp³-hybridized carbons (Fsp3) is 0.423. The van der Waals surface area contributed by atoms with Crippen molar-refractivity contribution in [2.45, 2.75) is 6.42 Å². The molecular weight excluding hydrogens is 478 g/mol. The van der Waals surface area contributed by atoms with Crippen LogP contribution >= 0.6 is 11.3 Å². The van der Waals surface area contributed by atoms with Crippen molar-refractivity contribution in [1.29, 1.82) is 0 Å². The first kappa shape index (κ1) is 23.4. The van der Waals surface area contributed by atoms with E-state index < -0.39 is 0 Å². The Hall–Kier alpha value is -3.05. The maximum absolute atomic E-state index is 13.7. The Morgan fingerprint density at radius 2 is 1.81 bits per heavy atom. The monoisotopic (exact) mass is 507 g/mol. The number of pyridine rings is 2. The molecule has 9 nitrogen and oxygen atoms in total. The number of fused-ring (bicyclic) bond motifs is 5. The zero-order valence-electron chi connectivity index (χ0n) is 20.1. The van der Waals surface area contributed by atoms with Crippen LogP contribution in [0, 0.1) is 0 Å². The number of hydrogen-bond donors (Lipinski definition) is 1. The van der Waals surface area contributed by atoms with Crippen LogP contribution in [0.4, 0.5) is 5.82 Å². The van der Waals surface area contributed by atoms with Gasteiger partial charge >= 0.3 is 0 Å². The lowest BCUT2D eigenvalue weighted by Gasteiger charge is -2.28. The van der Waals surface area contributed by atoms with Crippen LogP contribution in [0.15, 0.2) is 41.2 Å². The standard InChI is InChI=1S/C26H29N5O4S/c32-23-18-6-7-21(30-12-16-35-17-13-30)28-24(18)31-19-4-1-2-5-20(19)36-26(31)22(23)25(33)27-8-10-29-9-3-14-34-15-11-29/h1-2,4-7H,3,8-17H2,(H,27,33). The summed E-state index contributed by atoms with van der Waals surface area (Å²) in [6.45, 7) is 7.31. The van der Waals surface area contributed by atoms with Crippen LogP contribution in [0.3, 0.4) is 0 Å². The molecule has 1 amide bonds. The molecule has 0 saturated carbocycles. The molecular formula is C26H29N5O4S. The van der Waals surface area contributed by atoms with Gasteiger partial charge in [-0.15, -0.1) is 11.3 Å². The van der Waals surface area contributed by atoms with Gasteiger partial charge in [-0.3, -0.25) is 18.9 Å². The Balaban J connectivity index is 1.41. The molecule has 4 aromatic rings. The number of amides is 1. The number of hydrogen-bond acceptors (Lipinski definition) is 8. The van der Waals surface area contributed by atoms with E-state index in [1.807, 2.05) is 40.8 Å². The Kier molecular flexibility index (Phi) is 6.58. The molecule has 188 valence electrons. The summed E-state index contributed by atoms with van der Waals surface area (Å²) in [6.07, 6.45) is 0.988. The number of nitrogens with zero attached hydrogens (tertiary/aromatic N) is 4. The molecule has 3 aromatic heterocycles. The Bertz CT molecular complexity index is 1470. The minimum atomic E-state index is -0.339. The SMILES string of the molecule is O=C(NCCN1CCCOCC1)c1c(=O)c2ccc(N3CCOCC3)nc2n2c1sc1ccccc12. The van der Waals surface area contributed by atoms with Crippen LogP contribution in [0.5, 0.6) is 0 Å². The third-order valence-electron chi connectivity index (χ3n) is 6.86. The summed E-state index contributed by atoms with van der Waals surface area (Å²) < 4.78 is 14.0. The van der Waals surface area contributed by atoms with Crippen molar-refractivity contribution in [3.05, 3.63) is 52.2 Å². The molecule has 0 spiro atoms. The van der Waals surface area contributed by atoms with Gasteiger partial charge in [0, 0.05) is 45.9 Å². The molecule has 36 heavy (non-hydrogen) atoms. The summed E-state index contributed by atoms with van der Waals surface area (Å²) in [5.41, 5.74) is 1.42. The van der Waals surface area contributed by atoms with Crippen molar-refractivity contribution in [2.75, 3.05) is 70.6 Å². The summed E-state index contributed by atoms with van der Waals surface area (Å²) >= 11 is 1.45. The average Bonchev–Trinajstić information content (AvgIpc) is 3.09. The molecule has 0 unspecified atom stereocenters. The van der Waals surface area contributed by atoms with Crippen LogP contribution in [-0.2, 0) is 9.47 Å². The van der Waals surface area contributed by atoms with Gasteiger partial charge in [-0.2, -0.15) is 0 Å². The summed E-state index contributed by atoms with van der Waals surface area (Å²) in [4.78, 5) is 37.1. The minimum Gasteiger partial charge on any atom is -0.380 e. The zero-order chi connectivity index (χ0) is 24.5. The highest BCUT2D eigenvalue weighted by Crippen LogP contribution is 2.31. The number of carbonyl (C=O) groups is 1. The van der Waals surface area contributed by atoms with Gasteiger partial charge in [0.2, 0.25) is 5.43 Å². The zero-order valence-corrected chi connectivity index (χ0v) is 20.9. The van der Waals surface area contributed by atoms with Gasteiger partial charge < -0.3 is 19.7 Å². The first-order valence-corrected chi connectivity index (χ1v) is 13.3. The van der Waals surface area contributed by atoms with Crippen molar-refractivity contribution in [3.8, 4) is 0 Å². The van der Waals surface area contributed by atoms with Gasteiger partial charge in [-0.1, -0.05) is 12.1 Å². The fourth-order valence-electron chi connectivity index (χ4n) is 4.98. The predicted molar refractivity (Wildman–Crippen MR) is 142 cm³/mol. The molecule has 10 heteroatoms. The summed E-state index contributed by atoms with van der Waals surface area (Å²) in [5.74, 6) is 0.474. The number of rotatable bonds is 5. The highest BCUT2D eigenvalue weighted by atomic mass is 32.1. The van der Waals surface area contributed by atoms with E-state index in [2.05, 4.69) is 15.1 Å². The van der Waals surface area contributed by atoms with Gasteiger partial charge in [0.05, 0.1) is 35.4 Å². The molecule has 0 radical (unpaired) electrons. The van der Waals surface area contributed by atoms with Gasteiger partial charge in [0.25, 0.3) is 5.91 Å². The highest BCUT2D eigenvalue weighted by molar-refractivity contribution is 7.24. The number of anilines is 1. The van der Waals surface area contributed by atoms with Crippen molar-refractivity contribution in [3.63, 3.8) is 0 Å². The number of ether oxygens (including phenoxy) is 2. The molecule has 0 bridgehead atoms. The molecule has 2 saturated heterocycles. The first-order chi connectivity index (χ1) is 17.7. The van der Waals surface area contributed by atoms with Gasteiger partial charge in [0.15, 0.2) is 5.65 Å². The lowest BCUT2D eigenvalue weighted by Crippen LogP contribution is -2.38. The number of para-hydroxylation sites is 1. The summed E-state index contributed by atoms with van der Waals surface area (Å²) in [5, 5.41) is 3.45. The number of benzene rings is 1.